The van der Waals surface area contributed by atoms with Crippen LogP contribution in [0.2, 0.25) is 0 Å². The molecular formula is C10H7NS. The lowest BCUT2D eigenvalue weighted by Crippen LogP contribution is -2.27. The first-order valence-electron chi connectivity index (χ1n) is 3.95. The van der Waals surface area contributed by atoms with Gasteiger partial charge in [-0.2, -0.15) is 0 Å². The van der Waals surface area contributed by atoms with Crippen LogP contribution in [-0.4, -0.2) is 4.98 Å². The summed E-state index contributed by atoms with van der Waals surface area (Å²) in [6, 6.07) is 0. The molecule has 2 aliphatic carbocycles. The van der Waals surface area contributed by atoms with Gasteiger partial charge >= 0.3 is 0 Å². The predicted molar refractivity (Wildman–Crippen MR) is 51.1 cm³/mol. The molecule has 0 radical (unpaired) electrons. The summed E-state index contributed by atoms with van der Waals surface area (Å²) >= 11 is 1.74. The van der Waals surface area contributed by atoms with Gasteiger partial charge in [-0.3, -0.25) is 0 Å². The molecule has 12 heavy (non-hydrogen) atoms. The Morgan fingerprint density at radius 2 is 2.42 bits per heavy atom. The number of nitrogens with zero attached hydrogens (tertiary/aromatic N) is 1. The number of aromatic nitrogens is 1. The highest BCUT2D eigenvalue weighted by Crippen LogP contribution is 2.20. The molecule has 0 aromatic carbocycles. The molecule has 1 nitrogen and oxygen atoms in total. The second-order valence-corrected chi connectivity index (χ2v) is 3.87. The summed E-state index contributed by atoms with van der Waals surface area (Å²) in [6.45, 7) is 0. The third-order valence-electron chi connectivity index (χ3n) is 2.21. The second kappa shape index (κ2) is 2.17. The fourth-order valence-electron chi connectivity index (χ4n) is 1.65. The SMILES string of the molecule is C1=CC2=c3scnc3=CC(=C1)C2. The maximum absolute atomic E-state index is 4.31. The van der Waals surface area contributed by atoms with Crippen LogP contribution in [0.4, 0.5) is 0 Å². The summed E-state index contributed by atoms with van der Waals surface area (Å²) in [5.74, 6) is 0. The zero-order valence-corrected chi connectivity index (χ0v) is 7.27. The highest BCUT2D eigenvalue weighted by Gasteiger charge is 2.09. The van der Waals surface area contributed by atoms with Crippen molar-refractivity contribution < 1.29 is 0 Å². The molecule has 1 heterocycles. The zero-order valence-electron chi connectivity index (χ0n) is 6.45. The second-order valence-electron chi connectivity index (χ2n) is 3.01. The van der Waals surface area contributed by atoms with E-state index in [-0.39, 0.29) is 0 Å². The van der Waals surface area contributed by atoms with Crippen molar-refractivity contribution in [1.82, 2.24) is 4.98 Å². The summed E-state index contributed by atoms with van der Waals surface area (Å²) in [7, 11) is 0. The molecule has 0 amide bonds. The first-order valence-corrected chi connectivity index (χ1v) is 4.83. The maximum Gasteiger partial charge on any atom is 0.0817 e. The Hall–Kier alpha value is -1.15. The average molecular weight is 173 g/mol. The van der Waals surface area contributed by atoms with Crippen molar-refractivity contribution in [2.45, 2.75) is 6.42 Å². The number of allylic oxidation sites excluding steroid dienone is 4. The van der Waals surface area contributed by atoms with E-state index >= 15 is 0 Å². The summed E-state index contributed by atoms with van der Waals surface area (Å²) in [5.41, 5.74) is 4.72. The van der Waals surface area contributed by atoms with Gasteiger partial charge in [0.1, 0.15) is 0 Å². The molecule has 2 bridgehead atoms. The van der Waals surface area contributed by atoms with Crippen LogP contribution in [-0.2, 0) is 0 Å². The van der Waals surface area contributed by atoms with Crippen LogP contribution >= 0.6 is 11.3 Å². The van der Waals surface area contributed by atoms with Gasteiger partial charge in [-0.25, -0.2) is 4.98 Å². The van der Waals surface area contributed by atoms with Gasteiger partial charge in [0.05, 0.1) is 15.4 Å². The Kier molecular flexibility index (Phi) is 1.15. The van der Waals surface area contributed by atoms with Gasteiger partial charge in [0.2, 0.25) is 0 Å². The molecule has 1 aromatic rings. The highest BCUT2D eigenvalue weighted by atomic mass is 32.1. The van der Waals surface area contributed by atoms with Gasteiger partial charge in [-0.1, -0.05) is 18.2 Å². The van der Waals surface area contributed by atoms with E-state index in [0.717, 1.165) is 11.8 Å². The number of thiazole rings is 1. The van der Waals surface area contributed by atoms with Crippen LogP contribution in [0.3, 0.4) is 0 Å². The number of hydrogen-bond acceptors (Lipinski definition) is 2. The standard InChI is InChI=1S/C10H7NS/c1-2-7-4-8(3-1)10-9(5-7)11-6-12-10/h1-3,5-6H,4H2. The van der Waals surface area contributed by atoms with Crippen LogP contribution in [0.25, 0.3) is 11.6 Å². The predicted octanol–water partition coefficient (Wildman–Crippen LogP) is 0.974. The van der Waals surface area contributed by atoms with Gasteiger partial charge < -0.3 is 0 Å². The van der Waals surface area contributed by atoms with Gasteiger partial charge in [0.25, 0.3) is 0 Å². The third-order valence-corrected chi connectivity index (χ3v) is 3.13. The molecule has 0 saturated heterocycles. The van der Waals surface area contributed by atoms with Gasteiger partial charge in [0.15, 0.2) is 0 Å². The first-order chi connectivity index (χ1) is 5.93. The molecule has 3 rings (SSSR count). The molecule has 0 atom stereocenters. The van der Waals surface area contributed by atoms with Crippen molar-refractivity contribution in [2.75, 3.05) is 0 Å². The summed E-state index contributed by atoms with van der Waals surface area (Å²) in [4.78, 5) is 4.31. The quantitative estimate of drug-likeness (QED) is 0.570. The topological polar surface area (TPSA) is 12.9 Å². The van der Waals surface area contributed by atoms with Crippen LogP contribution in [0, 0.1) is 0 Å². The van der Waals surface area contributed by atoms with E-state index in [0.29, 0.717) is 0 Å². The van der Waals surface area contributed by atoms with Crippen molar-refractivity contribution in [1.29, 1.82) is 0 Å². The Labute approximate surface area is 74.1 Å². The Balaban J connectivity index is 2.57. The fraction of sp³-hybridized carbons (Fsp3) is 0.100. The smallest absolute Gasteiger partial charge is 0.0817 e. The molecule has 0 spiro atoms. The Bertz CT molecular complexity index is 502. The number of rotatable bonds is 0. The minimum atomic E-state index is 1.09. The third kappa shape index (κ3) is 0.756. The number of hydrogen-bond donors (Lipinski definition) is 0. The Morgan fingerprint density at radius 3 is 3.42 bits per heavy atom. The zero-order chi connectivity index (χ0) is 7.97. The molecule has 58 valence electrons. The molecule has 0 saturated carbocycles. The first kappa shape index (κ1) is 6.38. The van der Waals surface area contributed by atoms with E-state index < -0.39 is 0 Å². The van der Waals surface area contributed by atoms with Crippen molar-refractivity contribution in [2.24, 2.45) is 0 Å². The van der Waals surface area contributed by atoms with Gasteiger partial charge in [0, 0.05) is 0 Å². The molecule has 0 unspecified atom stereocenters. The number of fused-ring (bicyclic) bond motifs is 3. The lowest BCUT2D eigenvalue weighted by Gasteiger charge is -2.10. The van der Waals surface area contributed by atoms with Crippen LogP contribution < -0.4 is 9.88 Å². The molecule has 2 heteroatoms. The molecule has 1 aromatic heterocycles. The van der Waals surface area contributed by atoms with E-state index in [9.17, 15) is 0 Å². The maximum atomic E-state index is 4.31. The van der Waals surface area contributed by atoms with Gasteiger partial charge in [-0.05, 0) is 23.6 Å². The minimum Gasteiger partial charge on any atom is -0.245 e. The molecular weight excluding hydrogens is 166 g/mol. The molecule has 0 aliphatic heterocycles. The molecule has 0 fully saturated rings. The Morgan fingerprint density at radius 1 is 1.42 bits per heavy atom. The summed E-state index contributed by atoms with van der Waals surface area (Å²) in [6.07, 6.45) is 9.73. The van der Waals surface area contributed by atoms with Crippen molar-refractivity contribution >= 4 is 23.0 Å². The lowest BCUT2D eigenvalue weighted by molar-refractivity contribution is 1.22. The van der Waals surface area contributed by atoms with Crippen molar-refractivity contribution in [3.63, 3.8) is 0 Å². The van der Waals surface area contributed by atoms with Crippen LogP contribution in [0.15, 0.2) is 29.3 Å². The minimum absolute atomic E-state index is 1.09. The van der Waals surface area contributed by atoms with E-state index in [1.807, 2.05) is 5.51 Å². The van der Waals surface area contributed by atoms with E-state index in [4.69, 9.17) is 0 Å². The lowest BCUT2D eigenvalue weighted by atomic mass is 9.97. The summed E-state index contributed by atoms with van der Waals surface area (Å²) < 4.78 is 1.35. The van der Waals surface area contributed by atoms with Crippen LogP contribution in [0.5, 0.6) is 0 Å². The average Bonchev–Trinajstić information content (AvgIpc) is 2.53. The van der Waals surface area contributed by atoms with Crippen LogP contribution in [0.1, 0.15) is 6.42 Å². The normalized spacial score (nSPS) is 18.3. The monoisotopic (exact) mass is 173 g/mol. The van der Waals surface area contributed by atoms with Crippen molar-refractivity contribution in [3.8, 4) is 0 Å². The van der Waals surface area contributed by atoms with E-state index in [2.05, 4.69) is 29.3 Å². The fourth-order valence-corrected chi connectivity index (χ4v) is 2.45. The summed E-state index contributed by atoms with van der Waals surface area (Å²) in [5, 5.41) is 1.15. The largest absolute Gasteiger partial charge is 0.245 e. The van der Waals surface area contributed by atoms with E-state index in [1.165, 1.54) is 15.7 Å². The molecule has 0 N–H and O–H groups in total. The van der Waals surface area contributed by atoms with Gasteiger partial charge in [-0.15, -0.1) is 11.3 Å². The van der Waals surface area contributed by atoms with E-state index in [1.54, 1.807) is 11.3 Å². The highest BCUT2D eigenvalue weighted by molar-refractivity contribution is 7.07. The van der Waals surface area contributed by atoms with Crippen molar-refractivity contribution in [3.05, 3.63) is 39.2 Å². The molecule has 2 aliphatic rings.